The van der Waals surface area contributed by atoms with Gasteiger partial charge in [0.1, 0.15) is 0 Å². The van der Waals surface area contributed by atoms with Crippen LogP contribution < -0.4 is 10.2 Å². The molecule has 156 valence electrons. The molecule has 4 aromatic rings. The minimum Gasteiger partial charge on any atom is -0.504 e. The molecule has 0 aliphatic rings. The molecule has 0 spiro atoms. The first-order valence-corrected chi connectivity index (χ1v) is 10.5. The first kappa shape index (κ1) is 20.5. The zero-order valence-electron chi connectivity index (χ0n) is 16.7. The summed E-state index contributed by atoms with van der Waals surface area (Å²) in [5.74, 6) is 0.699. The van der Waals surface area contributed by atoms with Crippen LogP contribution >= 0.6 is 11.8 Å². The van der Waals surface area contributed by atoms with E-state index < -0.39 is 0 Å². The average molecular weight is 433 g/mol. The molecular weight excluding hydrogens is 412 g/mol. The summed E-state index contributed by atoms with van der Waals surface area (Å²) >= 11 is 1.60. The fraction of sp³-hybridized carbons (Fsp3) is 0.0870. The molecule has 3 aromatic carbocycles. The summed E-state index contributed by atoms with van der Waals surface area (Å²) in [6.45, 7) is 0. The van der Waals surface area contributed by atoms with E-state index >= 15 is 0 Å². The number of aromatic amines is 1. The molecule has 0 saturated carbocycles. The van der Waals surface area contributed by atoms with Gasteiger partial charge < -0.3 is 14.8 Å². The van der Waals surface area contributed by atoms with Crippen LogP contribution in [0.25, 0.3) is 11.0 Å². The third-order valence-corrected chi connectivity index (χ3v) is 5.52. The van der Waals surface area contributed by atoms with Crippen LogP contribution in [0.5, 0.6) is 11.5 Å². The topological polar surface area (TPSA) is 99.6 Å². The smallest absolute Gasteiger partial charge is 0.271 e. The van der Waals surface area contributed by atoms with Crippen LogP contribution in [0.4, 0.5) is 0 Å². The molecule has 1 aromatic heterocycles. The van der Waals surface area contributed by atoms with Gasteiger partial charge in [-0.15, -0.1) is 0 Å². The second-order valence-electron chi connectivity index (χ2n) is 6.64. The van der Waals surface area contributed by atoms with E-state index in [9.17, 15) is 9.90 Å². The van der Waals surface area contributed by atoms with Gasteiger partial charge in [-0.25, -0.2) is 10.4 Å². The Labute approximate surface area is 183 Å². The fourth-order valence-electron chi connectivity index (χ4n) is 2.93. The molecule has 0 saturated heterocycles. The SMILES string of the molecule is COc1cccc(/C=N/NC(=O)c2ccc(CSc3nc4ccccc4[nH]3)cc2)c1O. The second-order valence-corrected chi connectivity index (χ2v) is 7.61. The van der Waals surface area contributed by atoms with Crippen LogP contribution in [-0.2, 0) is 5.75 Å². The Bertz CT molecular complexity index is 1200. The van der Waals surface area contributed by atoms with E-state index in [4.69, 9.17) is 4.74 Å². The normalized spacial score (nSPS) is 11.1. The molecule has 0 radical (unpaired) electrons. The highest BCUT2D eigenvalue weighted by Gasteiger charge is 2.08. The summed E-state index contributed by atoms with van der Waals surface area (Å²) in [5.41, 5.74) is 6.43. The lowest BCUT2D eigenvalue weighted by atomic mass is 10.1. The molecule has 0 fully saturated rings. The molecule has 7 nitrogen and oxygen atoms in total. The maximum Gasteiger partial charge on any atom is 0.271 e. The second kappa shape index (κ2) is 9.36. The Balaban J connectivity index is 1.33. The van der Waals surface area contributed by atoms with E-state index in [2.05, 4.69) is 20.5 Å². The minimum atomic E-state index is -0.338. The lowest BCUT2D eigenvalue weighted by Gasteiger charge is -2.05. The average Bonchev–Trinajstić information content (AvgIpc) is 3.22. The third-order valence-electron chi connectivity index (χ3n) is 4.58. The van der Waals surface area contributed by atoms with Crippen LogP contribution in [0, 0.1) is 0 Å². The number of phenols is 1. The monoisotopic (exact) mass is 432 g/mol. The first-order chi connectivity index (χ1) is 15.1. The number of benzene rings is 3. The molecule has 8 heteroatoms. The van der Waals surface area contributed by atoms with Crippen LogP contribution in [0.1, 0.15) is 21.5 Å². The van der Waals surface area contributed by atoms with E-state index in [1.807, 2.05) is 36.4 Å². The van der Waals surface area contributed by atoms with Crippen molar-refractivity contribution in [2.75, 3.05) is 7.11 Å². The van der Waals surface area contributed by atoms with Crippen molar-refractivity contribution in [1.29, 1.82) is 0 Å². The van der Waals surface area contributed by atoms with Crippen molar-refractivity contribution in [1.82, 2.24) is 15.4 Å². The number of hydrazone groups is 1. The van der Waals surface area contributed by atoms with E-state index in [0.717, 1.165) is 27.5 Å². The summed E-state index contributed by atoms with van der Waals surface area (Å²) < 4.78 is 5.05. The summed E-state index contributed by atoms with van der Waals surface area (Å²) in [6.07, 6.45) is 1.37. The number of H-pyrrole nitrogens is 1. The number of aromatic nitrogens is 2. The molecule has 0 unspecified atom stereocenters. The highest BCUT2D eigenvalue weighted by atomic mass is 32.2. The highest BCUT2D eigenvalue weighted by molar-refractivity contribution is 7.98. The number of rotatable bonds is 7. The number of nitrogens with one attached hydrogen (secondary N) is 2. The number of hydrogen-bond donors (Lipinski definition) is 3. The van der Waals surface area contributed by atoms with Crippen molar-refractivity contribution < 1.29 is 14.6 Å². The van der Waals surface area contributed by atoms with E-state index in [1.54, 1.807) is 42.1 Å². The zero-order chi connectivity index (χ0) is 21.6. The Morgan fingerprint density at radius 3 is 2.74 bits per heavy atom. The molecule has 4 rings (SSSR count). The van der Waals surface area contributed by atoms with Gasteiger partial charge in [-0.2, -0.15) is 5.10 Å². The molecule has 1 heterocycles. The van der Waals surface area contributed by atoms with Gasteiger partial charge in [-0.1, -0.05) is 42.1 Å². The predicted octanol–water partition coefficient (Wildman–Crippen LogP) is 4.33. The lowest BCUT2D eigenvalue weighted by molar-refractivity contribution is 0.0955. The number of thioether (sulfide) groups is 1. The third kappa shape index (κ3) is 4.87. The number of fused-ring (bicyclic) bond motifs is 1. The van der Waals surface area contributed by atoms with Crippen molar-refractivity contribution in [2.24, 2.45) is 5.10 Å². The van der Waals surface area contributed by atoms with E-state index in [1.165, 1.54) is 13.3 Å². The van der Waals surface area contributed by atoms with Crippen LogP contribution in [0.15, 0.2) is 77.0 Å². The Morgan fingerprint density at radius 2 is 1.97 bits per heavy atom. The Kier molecular flexibility index (Phi) is 6.18. The number of carbonyl (C=O) groups is 1. The standard InChI is InChI=1S/C23H20N4O3S/c1-30-20-8-4-5-17(21(20)28)13-24-27-22(29)16-11-9-15(10-12-16)14-31-23-25-18-6-2-3-7-19(18)26-23/h2-13,28H,14H2,1H3,(H,25,26)(H,27,29)/b24-13+. The minimum absolute atomic E-state index is 0.0331. The predicted molar refractivity (Wildman–Crippen MR) is 122 cm³/mol. The Morgan fingerprint density at radius 1 is 1.16 bits per heavy atom. The molecule has 0 aliphatic heterocycles. The number of ether oxygens (including phenoxy) is 1. The number of amides is 1. The Hall–Kier alpha value is -3.78. The van der Waals surface area contributed by atoms with Crippen molar-refractivity contribution in [2.45, 2.75) is 10.9 Å². The van der Waals surface area contributed by atoms with Crippen LogP contribution in [0.2, 0.25) is 0 Å². The maximum absolute atomic E-state index is 12.3. The fourth-order valence-corrected chi connectivity index (χ4v) is 3.78. The molecule has 31 heavy (non-hydrogen) atoms. The molecule has 0 atom stereocenters. The number of aromatic hydroxyl groups is 1. The molecule has 3 N–H and O–H groups in total. The number of hydrogen-bond acceptors (Lipinski definition) is 6. The van der Waals surface area contributed by atoms with E-state index in [0.29, 0.717) is 16.9 Å². The number of nitrogens with zero attached hydrogens (tertiary/aromatic N) is 2. The highest BCUT2D eigenvalue weighted by Crippen LogP contribution is 2.28. The molecule has 0 aliphatic carbocycles. The lowest BCUT2D eigenvalue weighted by Crippen LogP contribution is -2.17. The molecular formula is C23H20N4O3S. The van der Waals surface area contributed by atoms with Gasteiger partial charge in [0.05, 0.1) is 24.4 Å². The van der Waals surface area contributed by atoms with Crippen molar-refractivity contribution in [3.63, 3.8) is 0 Å². The molecule has 0 bridgehead atoms. The van der Waals surface area contributed by atoms with Gasteiger partial charge in [0, 0.05) is 16.9 Å². The van der Waals surface area contributed by atoms with Crippen LogP contribution in [0.3, 0.4) is 0 Å². The summed E-state index contributed by atoms with van der Waals surface area (Å²) in [6, 6.07) is 20.3. The maximum atomic E-state index is 12.3. The van der Waals surface area contributed by atoms with Crippen molar-refractivity contribution >= 4 is 34.9 Å². The summed E-state index contributed by atoms with van der Waals surface area (Å²) in [7, 11) is 1.47. The first-order valence-electron chi connectivity index (χ1n) is 9.50. The van der Waals surface area contributed by atoms with Gasteiger partial charge >= 0.3 is 0 Å². The van der Waals surface area contributed by atoms with Gasteiger partial charge in [-0.05, 0) is 42.0 Å². The number of methoxy groups -OCH3 is 1. The van der Waals surface area contributed by atoms with Crippen molar-refractivity contribution in [3.05, 3.63) is 83.4 Å². The summed E-state index contributed by atoms with van der Waals surface area (Å²) in [4.78, 5) is 20.1. The number of phenolic OH excluding ortho intramolecular Hbond substituents is 1. The zero-order valence-corrected chi connectivity index (χ0v) is 17.5. The van der Waals surface area contributed by atoms with E-state index in [-0.39, 0.29) is 11.7 Å². The number of para-hydroxylation sites is 3. The largest absolute Gasteiger partial charge is 0.504 e. The quantitative estimate of drug-likeness (QED) is 0.229. The number of imidazole rings is 1. The van der Waals surface area contributed by atoms with Gasteiger partial charge in [0.25, 0.3) is 5.91 Å². The number of carbonyl (C=O) groups excluding carboxylic acids is 1. The van der Waals surface area contributed by atoms with Gasteiger partial charge in [-0.3, -0.25) is 4.79 Å². The van der Waals surface area contributed by atoms with Gasteiger partial charge in [0.2, 0.25) is 0 Å². The van der Waals surface area contributed by atoms with Crippen molar-refractivity contribution in [3.8, 4) is 11.5 Å². The summed E-state index contributed by atoms with van der Waals surface area (Å²) in [5, 5.41) is 14.8. The van der Waals surface area contributed by atoms with Gasteiger partial charge in [0.15, 0.2) is 16.7 Å². The molecule has 1 amide bonds. The van der Waals surface area contributed by atoms with Crippen LogP contribution in [-0.4, -0.2) is 34.3 Å².